The number of ether oxygens (including phenoxy) is 1. The fourth-order valence-electron chi connectivity index (χ4n) is 2.89. The van der Waals surface area contributed by atoms with E-state index in [2.05, 4.69) is 4.99 Å². The van der Waals surface area contributed by atoms with Crippen LogP contribution < -0.4 is 9.64 Å². The third-order valence-electron chi connectivity index (χ3n) is 4.32. The van der Waals surface area contributed by atoms with E-state index >= 15 is 0 Å². The predicted molar refractivity (Wildman–Crippen MR) is 105 cm³/mol. The molecule has 0 N–H and O–H groups in total. The molecule has 0 saturated carbocycles. The van der Waals surface area contributed by atoms with Gasteiger partial charge in [-0.3, -0.25) is 9.69 Å². The van der Waals surface area contributed by atoms with Gasteiger partial charge in [0.25, 0.3) is 5.91 Å². The minimum absolute atomic E-state index is 0.193. The third kappa shape index (κ3) is 3.27. The highest BCUT2D eigenvalue weighted by molar-refractivity contribution is 6.33. The summed E-state index contributed by atoms with van der Waals surface area (Å²) in [4.78, 5) is 19.3. The van der Waals surface area contributed by atoms with Gasteiger partial charge >= 0.3 is 0 Å². The van der Waals surface area contributed by atoms with Gasteiger partial charge in [-0.2, -0.15) is 0 Å². The van der Waals surface area contributed by atoms with E-state index in [9.17, 15) is 4.79 Å². The van der Waals surface area contributed by atoms with Crippen molar-refractivity contribution < 1.29 is 13.9 Å². The van der Waals surface area contributed by atoms with E-state index in [1.807, 2.05) is 55.5 Å². The van der Waals surface area contributed by atoms with Gasteiger partial charge in [0.05, 0.1) is 19.1 Å². The number of nitrogens with zero attached hydrogens (tertiary/aromatic N) is 2. The summed E-state index contributed by atoms with van der Waals surface area (Å²) in [5.74, 6) is 1.71. The molecule has 134 valence electrons. The Bertz CT molecular complexity index is 1010. The second kappa shape index (κ2) is 6.96. The zero-order chi connectivity index (χ0) is 18.8. The minimum Gasteiger partial charge on any atom is -0.497 e. The first-order valence-corrected chi connectivity index (χ1v) is 8.55. The van der Waals surface area contributed by atoms with E-state index in [1.165, 1.54) is 0 Å². The van der Waals surface area contributed by atoms with Crippen molar-refractivity contribution in [1.82, 2.24) is 0 Å². The molecule has 5 heteroatoms. The van der Waals surface area contributed by atoms with Crippen molar-refractivity contribution >= 4 is 23.5 Å². The number of methoxy groups -OCH3 is 1. The normalized spacial score (nSPS) is 15.3. The van der Waals surface area contributed by atoms with Crippen LogP contribution in [0, 0.1) is 6.92 Å². The molecule has 1 aromatic heterocycles. The lowest BCUT2D eigenvalue weighted by Crippen LogP contribution is -2.32. The summed E-state index contributed by atoms with van der Waals surface area (Å²) in [7, 11) is 1.62. The van der Waals surface area contributed by atoms with Crippen molar-refractivity contribution in [3.05, 3.63) is 89.5 Å². The summed E-state index contributed by atoms with van der Waals surface area (Å²) in [5, 5.41) is 0. The SMILES string of the molecule is COc1ccc(C2=N/C(=C/c3ccco3)C(=O)N2c2ccc(C)cc2)cc1. The number of hydrogen-bond acceptors (Lipinski definition) is 4. The molecule has 1 aliphatic rings. The molecular formula is C22H18N2O3. The first-order chi connectivity index (χ1) is 13.2. The summed E-state index contributed by atoms with van der Waals surface area (Å²) in [5.41, 5.74) is 3.05. The highest BCUT2D eigenvalue weighted by Gasteiger charge is 2.32. The zero-order valence-corrected chi connectivity index (χ0v) is 15.0. The van der Waals surface area contributed by atoms with Crippen molar-refractivity contribution in [2.45, 2.75) is 6.92 Å². The molecule has 0 radical (unpaired) electrons. The van der Waals surface area contributed by atoms with Crippen LogP contribution in [0.15, 0.2) is 82.0 Å². The number of benzene rings is 2. The Balaban J connectivity index is 1.80. The second-order valence-corrected chi connectivity index (χ2v) is 6.19. The molecule has 3 aromatic rings. The van der Waals surface area contributed by atoms with Crippen molar-refractivity contribution in [2.75, 3.05) is 12.0 Å². The Hall–Kier alpha value is -3.60. The minimum atomic E-state index is -0.193. The average molecular weight is 358 g/mol. The lowest BCUT2D eigenvalue weighted by atomic mass is 10.1. The maximum atomic E-state index is 13.1. The molecule has 0 aliphatic carbocycles. The first-order valence-electron chi connectivity index (χ1n) is 8.55. The van der Waals surface area contributed by atoms with E-state index in [4.69, 9.17) is 9.15 Å². The summed E-state index contributed by atoms with van der Waals surface area (Å²) >= 11 is 0. The average Bonchev–Trinajstić information content (AvgIpc) is 3.32. The van der Waals surface area contributed by atoms with Gasteiger partial charge in [0, 0.05) is 11.6 Å². The van der Waals surface area contributed by atoms with Crippen molar-refractivity contribution in [2.24, 2.45) is 4.99 Å². The fraction of sp³-hybridized carbons (Fsp3) is 0.0909. The number of aryl methyl sites for hydroxylation is 1. The summed E-state index contributed by atoms with van der Waals surface area (Å²) in [6.07, 6.45) is 3.22. The van der Waals surface area contributed by atoms with Gasteiger partial charge in [0.2, 0.25) is 0 Å². The van der Waals surface area contributed by atoms with Gasteiger partial charge in [-0.15, -0.1) is 0 Å². The second-order valence-electron chi connectivity index (χ2n) is 6.19. The molecule has 0 bridgehead atoms. The Kier molecular flexibility index (Phi) is 4.34. The highest BCUT2D eigenvalue weighted by atomic mass is 16.5. The molecular weight excluding hydrogens is 340 g/mol. The third-order valence-corrected chi connectivity index (χ3v) is 4.32. The van der Waals surface area contributed by atoms with Crippen molar-refractivity contribution in [3.63, 3.8) is 0 Å². The number of amides is 1. The molecule has 1 amide bonds. The quantitative estimate of drug-likeness (QED) is 0.648. The van der Waals surface area contributed by atoms with Crippen LogP contribution in [0.4, 0.5) is 5.69 Å². The molecule has 5 nitrogen and oxygen atoms in total. The topological polar surface area (TPSA) is 55.0 Å². The van der Waals surface area contributed by atoms with E-state index < -0.39 is 0 Å². The molecule has 4 rings (SSSR count). The van der Waals surface area contributed by atoms with Gasteiger partial charge in [0.1, 0.15) is 23.0 Å². The maximum Gasteiger partial charge on any atom is 0.282 e. The Labute approximate surface area is 157 Å². The lowest BCUT2D eigenvalue weighted by Gasteiger charge is -2.19. The fourth-order valence-corrected chi connectivity index (χ4v) is 2.89. The Morgan fingerprint density at radius 3 is 2.41 bits per heavy atom. The van der Waals surface area contributed by atoms with Crippen LogP contribution in [-0.4, -0.2) is 18.9 Å². The van der Waals surface area contributed by atoms with Gasteiger partial charge in [-0.05, 0) is 55.5 Å². The smallest absolute Gasteiger partial charge is 0.282 e. The van der Waals surface area contributed by atoms with Gasteiger partial charge in [-0.1, -0.05) is 17.7 Å². The Morgan fingerprint density at radius 2 is 1.78 bits per heavy atom. The molecule has 2 heterocycles. The van der Waals surface area contributed by atoms with E-state index in [0.29, 0.717) is 17.3 Å². The van der Waals surface area contributed by atoms with Crippen molar-refractivity contribution in [1.29, 1.82) is 0 Å². The monoisotopic (exact) mass is 358 g/mol. The van der Waals surface area contributed by atoms with Crippen LogP contribution in [0.2, 0.25) is 0 Å². The molecule has 1 aliphatic heterocycles. The van der Waals surface area contributed by atoms with Crippen LogP contribution in [0.3, 0.4) is 0 Å². The van der Waals surface area contributed by atoms with Gasteiger partial charge in [-0.25, -0.2) is 4.99 Å². The lowest BCUT2D eigenvalue weighted by molar-refractivity contribution is -0.113. The number of carbonyl (C=O) groups is 1. The van der Waals surface area contributed by atoms with Crippen LogP contribution in [-0.2, 0) is 4.79 Å². The number of aliphatic imine (C=N–C) groups is 1. The number of rotatable bonds is 4. The number of hydrogen-bond donors (Lipinski definition) is 0. The van der Waals surface area contributed by atoms with Crippen molar-refractivity contribution in [3.8, 4) is 5.75 Å². The highest BCUT2D eigenvalue weighted by Crippen LogP contribution is 2.28. The number of furan rings is 1. The zero-order valence-electron chi connectivity index (χ0n) is 15.0. The number of amidine groups is 1. The molecule has 0 fully saturated rings. The molecule has 0 spiro atoms. The van der Waals surface area contributed by atoms with Crippen LogP contribution in [0.1, 0.15) is 16.9 Å². The molecule has 0 saturated heterocycles. The summed E-state index contributed by atoms with van der Waals surface area (Å²) in [6.45, 7) is 2.01. The Morgan fingerprint density at radius 1 is 1.04 bits per heavy atom. The summed E-state index contributed by atoms with van der Waals surface area (Å²) in [6, 6.07) is 18.8. The molecule has 27 heavy (non-hydrogen) atoms. The standard InChI is InChI=1S/C22H18N2O3/c1-15-5-9-17(10-6-15)24-21(16-7-11-18(26-2)12-8-16)23-20(22(24)25)14-19-4-3-13-27-19/h3-14H,1-2H3/b20-14+. The van der Waals surface area contributed by atoms with Crippen LogP contribution in [0.25, 0.3) is 6.08 Å². The predicted octanol–water partition coefficient (Wildman–Crippen LogP) is 4.43. The summed E-state index contributed by atoms with van der Waals surface area (Å²) < 4.78 is 10.6. The van der Waals surface area contributed by atoms with Gasteiger partial charge < -0.3 is 9.15 Å². The maximum absolute atomic E-state index is 13.1. The first kappa shape index (κ1) is 16.8. The molecule has 0 atom stereocenters. The van der Waals surface area contributed by atoms with E-state index in [-0.39, 0.29) is 5.91 Å². The van der Waals surface area contributed by atoms with Gasteiger partial charge in [0.15, 0.2) is 0 Å². The van der Waals surface area contributed by atoms with Crippen LogP contribution >= 0.6 is 0 Å². The van der Waals surface area contributed by atoms with Crippen LogP contribution in [0.5, 0.6) is 5.75 Å². The number of carbonyl (C=O) groups excluding carboxylic acids is 1. The number of anilines is 1. The molecule has 0 unspecified atom stereocenters. The van der Waals surface area contributed by atoms with E-state index in [1.54, 1.807) is 36.5 Å². The largest absolute Gasteiger partial charge is 0.497 e. The molecule has 2 aromatic carbocycles. The van der Waals surface area contributed by atoms with E-state index in [0.717, 1.165) is 22.6 Å².